The van der Waals surface area contributed by atoms with Crippen LogP contribution in [0.15, 0.2) is 41.0 Å². The maximum absolute atomic E-state index is 13.1. The lowest BCUT2D eigenvalue weighted by atomic mass is 10.2. The topological polar surface area (TPSA) is 48.7 Å². The average molecular weight is 306 g/mol. The number of nitrogens with zero attached hydrogens (tertiary/aromatic N) is 2. The SMILES string of the molecule is N#Cc1ncccc1NCc1cc(F)ccc1Br. The number of aromatic nitrogens is 1. The van der Waals surface area contributed by atoms with E-state index in [2.05, 4.69) is 26.2 Å². The van der Waals surface area contributed by atoms with Gasteiger partial charge in [0.25, 0.3) is 0 Å². The Bertz CT molecular complexity index is 607. The lowest BCUT2D eigenvalue weighted by Crippen LogP contribution is -2.03. The number of pyridine rings is 1. The van der Waals surface area contributed by atoms with Gasteiger partial charge in [0, 0.05) is 17.2 Å². The summed E-state index contributed by atoms with van der Waals surface area (Å²) in [5.74, 6) is -0.290. The van der Waals surface area contributed by atoms with Crippen molar-refractivity contribution in [1.82, 2.24) is 4.98 Å². The van der Waals surface area contributed by atoms with Crippen molar-refractivity contribution in [3.05, 3.63) is 58.1 Å². The van der Waals surface area contributed by atoms with E-state index < -0.39 is 0 Å². The summed E-state index contributed by atoms with van der Waals surface area (Å²) in [4.78, 5) is 3.94. The van der Waals surface area contributed by atoms with Crippen LogP contribution in [-0.4, -0.2) is 4.98 Å². The van der Waals surface area contributed by atoms with Crippen molar-refractivity contribution >= 4 is 21.6 Å². The molecule has 1 N–H and O–H groups in total. The summed E-state index contributed by atoms with van der Waals surface area (Å²) in [6.07, 6.45) is 1.56. The Labute approximate surface area is 112 Å². The van der Waals surface area contributed by atoms with Crippen LogP contribution in [0.1, 0.15) is 11.3 Å². The van der Waals surface area contributed by atoms with E-state index in [1.54, 1.807) is 24.4 Å². The van der Waals surface area contributed by atoms with E-state index in [-0.39, 0.29) is 5.82 Å². The van der Waals surface area contributed by atoms with Gasteiger partial charge in [-0.05, 0) is 35.9 Å². The Morgan fingerprint density at radius 3 is 3.00 bits per heavy atom. The van der Waals surface area contributed by atoms with Crippen LogP contribution in [0, 0.1) is 17.1 Å². The van der Waals surface area contributed by atoms with Crippen molar-refractivity contribution in [2.75, 3.05) is 5.32 Å². The van der Waals surface area contributed by atoms with Crippen LogP contribution in [-0.2, 0) is 6.54 Å². The molecule has 2 rings (SSSR count). The Morgan fingerprint density at radius 1 is 1.39 bits per heavy atom. The van der Waals surface area contributed by atoms with Crippen LogP contribution in [0.3, 0.4) is 0 Å². The summed E-state index contributed by atoms with van der Waals surface area (Å²) in [6.45, 7) is 0.415. The summed E-state index contributed by atoms with van der Waals surface area (Å²) in [6, 6.07) is 9.99. The van der Waals surface area contributed by atoms with Crippen LogP contribution >= 0.6 is 15.9 Å². The van der Waals surface area contributed by atoms with E-state index in [0.717, 1.165) is 10.0 Å². The molecule has 0 saturated carbocycles. The highest BCUT2D eigenvalue weighted by Crippen LogP contribution is 2.20. The lowest BCUT2D eigenvalue weighted by molar-refractivity contribution is 0.625. The Balaban J connectivity index is 2.17. The average Bonchev–Trinajstić information content (AvgIpc) is 2.40. The van der Waals surface area contributed by atoms with Gasteiger partial charge in [0.2, 0.25) is 0 Å². The summed E-state index contributed by atoms with van der Waals surface area (Å²) < 4.78 is 13.9. The zero-order valence-corrected chi connectivity index (χ0v) is 10.9. The molecule has 1 aromatic heterocycles. The molecule has 5 heteroatoms. The molecule has 0 unspecified atom stereocenters. The third-order valence-electron chi connectivity index (χ3n) is 2.39. The molecule has 0 atom stereocenters. The molecule has 90 valence electrons. The Hall–Kier alpha value is -1.93. The van der Waals surface area contributed by atoms with Crippen molar-refractivity contribution in [3.63, 3.8) is 0 Å². The van der Waals surface area contributed by atoms with Crippen LogP contribution in [0.2, 0.25) is 0 Å². The van der Waals surface area contributed by atoms with E-state index in [1.165, 1.54) is 12.1 Å². The molecule has 2 aromatic rings. The molecule has 0 amide bonds. The zero-order valence-electron chi connectivity index (χ0n) is 9.32. The van der Waals surface area contributed by atoms with Gasteiger partial charge >= 0.3 is 0 Å². The van der Waals surface area contributed by atoms with Crippen LogP contribution in [0.5, 0.6) is 0 Å². The van der Waals surface area contributed by atoms with Crippen LogP contribution in [0.4, 0.5) is 10.1 Å². The predicted octanol–water partition coefficient (Wildman–Crippen LogP) is 3.47. The number of anilines is 1. The normalized spacial score (nSPS) is 9.83. The molecule has 3 nitrogen and oxygen atoms in total. The standard InChI is InChI=1S/C13H9BrFN3/c14-11-4-3-10(15)6-9(11)8-18-12-2-1-5-17-13(12)7-16/h1-6,18H,8H2. The quantitative estimate of drug-likeness (QED) is 0.944. The van der Waals surface area contributed by atoms with Crippen LogP contribution in [0.25, 0.3) is 0 Å². The predicted molar refractivity (Wildman–Crippen MR) is 70.4 cm³/mol. The number of nitriles is 1. The number of hydrogen-bond donors (Lipinski definition) is 1. The molecule has 1 heterocycles. The first-order chi connectivity index (χ1) is 8.70. The van der Waals surface area contributed by atoms with E-state index in [1.807, 2.05) is 6.07 Å². The molecule has 0 aliphatic heterocycles. The number of benzene rings is 1. The highest BCUT2D eigenvalue weighted by atomic mass is 79.9. The fourth-order valence-corrected chi connectivity index (χ4v) is 1.89. The Kier molecular flexibility index (Phi) is 3.90. The third-order valence-corrected chi connectivity index (χ3v) is 3.16. The minimum atomic E-state index is -0.290. The lowest BCUT2D eigenvalue weighted by Gasteiger charge is -2.09. The van der Waals surface area contributed by atoms with Crippen molar-refractivity contribution in [1.29, 1.82) is 5.26 Å². The second-order valence-corrected chi connectivity index (χ2v) is 4.45. The van der Waals surface area contributed by atoms with E-state index in [4.69, 9.17) is 5.26 Å². The van der Waals surface area contributed by atoms with Gasteiger partial charge in [0.15, 0.2) is 5.69 Å². The zero-order chi connectivity index (χ0) is 13.0. The first-order valence-electron chi connectivity index (χ1n) is 5.23. The number of nitrogens with one attached hydrogen (secondary N) is 1. The summed E-state index contributed by atoms with van der Waals surface area (Å²) >= 11 is 3.35. The maximum Gasteiger partial charge on any atom is 0.163 e. The van der Waals surface area contributed by atoms with Gasteiger partial charge in [-0.15, -0.1) is 0 Å². The van der Waals surface area contributed by atoms with Gasteiger partial charge < -0.3 is 5.32 Å². The van der Waals surface area contributed by atoms with Gasteiger partial charge in [0.05, 0.1) is 5.69 Å². The first-order valence-corrected chi connectivity index (χ1v) is 6.03. The van der Waals surface area contributed by atoms with Crippen molar-refractivity contribution in [2.24, 2.45) is 0 Å². The van der Waals surface area contributed by atoms with Crippen molar-refractivity contribution in [2.45, 2.75) is 6.54 Å². The van der Waals surface area contributed by atoms with Gasteiger partial charge in [-0.3, -0.25) is 0 Å². The van der Waals surface area contributed by atoms with Crippen molar-refractivity contribution in [3.8, 4) is 6.07 Å². The van der Waals surface area contributed by atoms with E-state index >= 15 is 0 Å². The minimum absolute atomic E-state index is 0.290. The molecule has 0 spiro atoms. The maximum atomic E-state index is 13.1. The molecular weight excluding hydrogens is 297 g/mol. The number of rotatable bonds is 3. The minimum Gasteiger partial charge on any atom is -0.379 e. The van der Waals surface area contributed by atoms with E-state index in [9.17, 15) is 4.39 Å². The smallest absolute Gasteiger partial charge is 0.163 e. The van der Waals surface area contributed by atoms with Crippen molar-refractivity contribution < 1.29 is 4.39 Å². The molecule has 0 radical (unpaired) electrons. The fraction of sp³-hybridized carbons (Fsp3) is 0.0769. The van der Waals surface area contributed by atoms with E-state index in [0.29, 0.717) is 17.9 Å². The molecule has 0 fully saturated rings. The third kappa shape index (κ3) is 2.84. The Morgan fingerprint density at radius 2 is 2.22 bits per heavy atom. The van der Waals surface area contributed by atoms with Gasteiger partial charge in [-0.25, -0.2) is 9.37 Å². The van der Waals surface area contributed by atoms with Gasteiger partial charge in [-0.2, -0.15) is 5.26 Å². The van der Waals surface area contributed by atoms with Gasteiger partial charge in [-0.1, -0.05) is 15.9 Å². The molecule has 0 bridgehead atoms. The largest absolute Gasteiger partial charge is 0.379 e. The number of hydrogen-bond acceptors (Lipinski definition) is 3. The molecule has 18 heavy (non-hydrogen) atoms. The second-order valence-electron chi connectivity index (χ2n) is 3.60. The molecule has 1 aromatic carbocycles. The summed E-state index contributed by atoms with van der Waals surface area (Å²) in [5.41, 5.74) is 1.74. The monoisotopic (exact) mass is 305 g/mol. The highest BCUT2D eigenvalue weighted by molar-refractivity contribution is 9.10. The highest BCUT2D eigenvalue weighted by Gasteiger charge is 2.04. The van der Waals surface area contributed by atoms with Crippen LogP contribution < -0.4 is 5.32 Å². The fourth-order valence-electron chi connectivity index (χ4n) is 1.51. The first kappa shape index (κ1) is 12.5. The molecule has 0 aliphatic carbocycles. The summed E-state index contributed by atoms with van der Waals surface area (Å²) in [5, 5.41) is 12.0. The molecule has 0 saturated heterocycles. The number of halogens is 2. The molecule has 0 aliphatic rings. The summed E-state index contributed by atoms with van der Waals surface area (Å²) in [7, 11) is 0. The van der Waals surface area contributed by atoms with Gasteiger partial charge in [0.1, 0.15) is 11.9 Å². The molecular formula is C13H9BrFN3. The second kappa shape index (κ2) is 5.61.